The number of hydrazone groups is 1. The van der Waals surface area contributed by atoms with E-state index in [2.05, 4.69) is 31.8 Å². The summed E-state index contributed by atoms with van der Waals surface area (Å²) in [7, 11) is 1.53. The van der Waals surface area contributed by atoms with E-state index in [1.165, 1.54) is 13.3 Å². The molecule has 0 atom stereocenters. The summed E-state index contributed by atoms with van der Waals surface area (Å²) in [6.07, 6.45) is 1.46. The molecular formula is C27H25BrClN3O4. The third-order valence-electron chi connectivity index (χ3n) is 4.96. The summed E-state index contributed by atoms with van der Waals surface area (Å²) in [5, 5.41) is 7.29. The van der Waals surface area contributed by atoms with E-state index in [1.54, 1.807) is 56.3 Å². The molecule has 36 heavy (non-hydrogen) atoms. The van der Waals surface area contributed by atoms with Crippen molar-refractivity contribution in [3.8, 4) is 11.5 Å². The van der Waals surface area contributed by atoms with Gasteiger partial charge in [-0.1, -0.05) is 48.0 Å². The molecule has 186 valence electrons. The maximum atomic E-state index is 12.7. The van der Waals surface area contributed by atoms with Crippen molar-refractivity contribution in [3.63, 3.8) is 0 Å². The van der Waals surface area contributed by atoms with Crippen LogP contribution in [0, 0.1) is 0 Å². The molecular weight excluding hydrogens is 546 g/mol. The van der Waals surface area contributed by atoms with Crippen LogP contribution in [0.5, 0.6) is 11.5 Å². The van der Waals surface area contributed by atoms with Gasteiger partial charge in [-0.3, -0.25) is 9.59 Å². The van der Waals surface area contributed by atoms with E-state index in [-0.39, 0.29) is 18.2 Å². The minimum Gasteiger partial charge on any atom is -0.493 e. The van der Waals surface area contributed by atoms with E-state index in [0.717, 1.165) is 5.56 Å². The number of hydrogen-bond acceptors (Lipinski definition) is 5. The lowest BCUT2D eigenvalue weighted by atomic mass is 10.2. The molecule has 0 heterocycles. The van der Waals surface area contributed by atoms with Gasteiger partial charge in [-0.25, -0.2) is 5.43 Å². The zero-order chi connectivity index (χ0) is 26.1. The van der Waals surface area contributed by atoms with Gasteiger partial charge in [0.1, 0.15) is 12.3 Å². The van der Waals surface area contributed by atoms with E-state index in [1.807, 2.05) is 24.3 Å². The first kappa shape index (κ1) is 27.0. The van der Waals surface area contributed by atoms with E-state index >= 15 is 0 Å². The third kappa shape index (κ3) is 7.19. The van der Waals surface area contributed by atoms with E-state index in [0.29, 0.717) is 37.7 Å². The molecule has 0 unspecified atom stereocenters. The fraction of sp³-hybridized carbons (Fsp3) is 0.148. The number of amides is 2. The number of nitrogens with zero attached hydrogens (tertiary/aromatic N) is 1. The fourth-order valence-corrected chi connectivity index (χ4v) is 3.89. The maximum absolute atomic E-state index is 12.7. The molecule has 9 heteroatoms. The van der Waals surface area contributed by atoms with Gasteiger partial charge in [0.2, 0.25) is 0 Å². The SMILES string of the molecule is COc1cc(/C=N/NC(=O)C(NC(=O)c2ccccc2)=C(C)C)cc(Br)c1OCc1ccccc1Cl. The van der Waals surface area contributed by atoms with Gasteiger partial charge in [0.15, 0.2) is 11.5 Å². The highest BCUT2D eigenvalue weighted by atomic mass is 79.9. The number of halogens is 2. The number of methoxy groups -OCH3 is 1. The maximum Gasteiger partial charge on any atom is 0.287 e. The van der Waals surface area contributed by atoms with Crippen molar-refractivity contribution < 1.29 is 19.1 Å². The van der Waals surface area contributed by atoms with Crippen molar-refractivity contribution in [2.24, 2.45) is 5.10 Å². The molecule has 7 nitrogen and oxygen atoms in total. The Labute approximate surface area is 223 Å². The summed E-state index contributed by atoms with van der Waals surface area (Å²) in [6.45, 7) is 3.72. The van der Waals surface area contributed by atoms with Gasteiger partial charge < -0.3 is 14.8 Å². The molecule has 3 aromatic rings. The average Bonchev–Trinajstić information content (AvgIpc) is 2.87. The van der Waals surface area contributed by atoms with Crippen molar-refractivity contribution >= 4 is 45.6 Å². The van der Waals surface area contributed by atoms with Crippen molar-refractivity contribution in [3.05, 3.63) is 104 Å². The lowest BCUT2D eigenvalue weighted by Gasteiger charge is -2.14. The van der Waals surface area contributed by atoms with Gasteiger partial charge in [0.05, 0.1) is 17.8 Å². The topological polar surface area (TPSA) is 89.0 Å². The molecule has 0 saturated heterocycles. The van der Waals surface area contributed by atoms with Crippen LogP contribution in [0.15, 0.2) is 87.6 Å². The van der Waals surface area contributed by atoms with E-state index in [9.17, 15) is 9.59 Å². The summed E-state index contributed by atoms with van der Waals surface area (Å²) in [5.74, 6) is 0.0617. The molecule has 0 bridgehead atoms. The zero-order valence-electron chi connectivity index (χ0n) is 20.0. The standard InChI is InChI=1S/C27H25BrClN3O4/c1-17(2)24(31-26(33)19-9-5-4-6-10-19)27(34)32-30-15-18-13-21(28)25(23(14-18)35-3)36-16-20-11-7-8-12-22(20)29/h4-15H,16H2,1-3H3,(H,31,33)(H,32,34)/b30-15+. The number of hydrogen-bond donors (Lipinski definition) is 2. The quantitative estimate of drug-likeness (QED) is 0.191. The minimum atomic E-state index is -0.541. The molecule has 2 N–H and O–H groups in total. The van der Waals surface area contributed by atoms with E-state index in [4.69, 9.17) is 21.1 Å². The number of carbonyl (C=O) groups is 2. The predicted molar refractivity (Wildman–Crippen MR) is 144 cm³/mol. The zero-order valence-corrected chi connectivity index (χ0v) is 22.3. The highest BCUT2D eigenvalue weighted by Crippen LogP contribution is 2.37. The van der Waals surface area contributed by atoms with Crippen LogP contribution in [0.3, 0.4) is 0 Å². The Bertz CT molecular complexity index is 1310. The molecule has 0 aromatic heterocycles. The largest absolute Gasteiger partial charge is 0.493 e. The second-order valence-electron chi connectivity index (χ2n) is 7.81. The number of benzene rings is 3. The molecule has 0 fully saturated rings. The first-order chi connectivity index (χ1) is 17.3. The number of allylic oxidation sites excluding steroid dienone is 1. The van der Waals surface area contributed by atoms with Crippen molar-refractivity contribution in [1.82, 2.24) is 10.7 Å². The van der Waals surface area contributed by atoms with Gasteiger partial charge in [0.25, 0.3) is 11.8 Å². The Balaban J connectivity index is 1.68. The predicted octanol–water partition coefficient (Wildman–Crippen LogP) is 5.86. The molecule has 0 aliphatic heterocycles. The summed E-state index contributed by atoms with van der Waals surface area (Å²) in [6, 6.07) is 19.6. The first-order valence-electron chi connectivity index (χ1n) is 10.9. The van der Waals surface area contributed by atoms with Gasteiger partial charge in [-0.15, -0.1) is 0 Å². The Morgan fingerprint density at radius 3 is 2.42 bits per heavy atom. The van der Waals surface area contributed by atoms with Crippen LogP contribution in [0.1, 0.15) is 35.3 Å². The highest BCUT2D eigenvalue weighted by Gasteiger charge is 2.16. The molecule has 3 aromatic carbocycles. The van der Waals surface area contributed by atoms with Crippen LogP contribution in [0.25, 0.3) is 0 Å². The lowest BCUT2D eigenvalue weighted by molar-refractivity contribution is -0.117. The van der Waals surface area contributed by atoms with Gasteiger partial charge in [0, 0.05) is 16.1 Å². The second-order valence-corrected chi connectivity index (χ2v) is 9.07. The van der Waals surface area contributed by atoms with Gasteiger partial charge >= 0.3 is 0 Å². The Hall–Kier alpha value is -3.62. The van der Waals surface area contributed by atoms with Crippen LogP contribution in [-0.4, -0.2) is 25.1 Å². The Kier molecular flexibility index (Phi) is 9.67. The second kappa shape index (κ2) is 12.9. The van der Waals surface area contributed by atoms with Crippen molar-refractivity contribution in [2.45, 2.75) is 20.5 Å². The van der Waals surface area contributed by atoms with Crippen LogP contribution in [0.2, 0.25) is 5.02 Å². The average molecular weight is 571 g/mol. The Morgan fingerprint density at radius 1 is 1.06 bits per heavy atom. The monoisotopic (exact) mass is 569 g/mol. The lowest BCUT2D eigenvalue weighted by Crippen LogP contribution is -2.33. The normalized spacial score (nSPS) is 10.6. The summed E-state index contributed by atoms with van der Waals surface area (Å²) in [5.41, 5.74) is 5.15. The van der Waals surface area contributed by atoms with Crippen molar-refractivity contribution in [2.75, 3.05) is 7.11 Å². The Morgan fingerprint density at radius 2 is 1.75 bits per heavy atom. The molecule has 0 radical (unpaired) electrons. The number of ether oxygens (including phenoxy) is 2. The third-order valence-corrected chi connectivity index (χ3v) is 5.92. The first-order valence-corrected chi connectivity index (χ1v) is 12.1. The summed E-state index contributed by atoms with van der Waals surface area (Å²) in [4.78, 5) is 25.1. The molecule has 0 aliphatic carbocycles. The van der Waals surface area contributed by atoms with Crippen LogP contribution >= 0.6 is 27.5 Å². The summed E-state index contributed by atoms with van der Waals surface area (Å²) >= 11 is 9.71. The van der Waals surface area contributed by atoms with Crippen LogP contribution in [0.4, 0.5) is 0 Å². The smallest absolute Gasteiger partial charge is 0.287 e. The number of carbonyl (C=O) groups excluding carboxylic acids is 2. The number of rotatable bonds is 9. The summed E-state index contributed by atoms with van der Waals surface area (Å²) < 4.78 is 12.1. The molecule has 3 rings (SSSR count). The van der Waals surface area contributed by atoms with Crippen LogP contribution < -0.4 is 20.2 Å². The molecule has 2 amide bonds. The van der Waals surface area contributed by atoms with Crippen molar-refractivity contribution in [1.29, 1.82) is 0 Å². The number of nitrogens with one attached hydrogen (secondary N) is 2. The highest BCUT2D eigenvalue weighted by molar-refractivity contribution is 9.10. The van der Waals surface area contributed by atoms with Crippen LogP contribution in [-0.2, 0) is 11.4 Å². The van der Waals surface area contributed by atoms with Gasteiger partial charge in [-0.05, 0) is 71.2 Å². The fourth-order valence-electron chi connectivity index (χ4n) is 3.13. The van der Waals surface area contributed by atoms with E-state index < -0.39 is 5.91 Å². The molecule has 0 spiro atoms. The molecule has 0 aliphatic rings. The van der Waals surface area contributed by atoms with Gasteiger partial charge in [-0.2, -0.15) is 5.10 Å². The minimum absolute atomic E-state index is 0.128. The molecule has 0 saturated carbocycles.